The van der Waals surface area contributed by atoms with Crippen LogP contribution in [0.1, 0.15) is 36.4 Å². The monoisotopic (exact) mass is 551 g/mol. The van der Waals surface area contributed by atoms with E-state index in [1.807, 2.05) is 23.8 Å². The number of anilines is 3. The smallest absolute Gasteiger partial charge is 0.212 e. The lowest BCUT2D eigenvalue weighted by Crippen LogP contribution is -2.68. The second-order valence-corrected chi connectivity index (χ2v) is 11.8. The lowest BCUT2D eigenvalue weighted by atomic mass is 9.87. The molecule has 1 aliphatic carbocycles. The van der Waals surface area contributed by atoms with Crippen molar-refractivity contribution in [2.45, 2.75) is 43.8 Å². The van der Waals surface area contributed by atoms with Crippen molar-refractivity contribution in [1.82, 2.24) is 35.0 Å². The quantitative estimate of drug-likeness (QED) is 0.276. The molecule has 4 fully saturated rings. The van der Waals surface area contributed by atoms with Gasteiger partial charge in [-0.2, -0.15) is 5.10 Å². The Labute approximate surface area is 235 Å². The van der Waals surface area contributed by atoms with Crippen LogP contribution in [0.2, 0.25) is 0 Å². The van der Waals surface area contributed by atoms with Gasteiger partial charge in [0.25, 0.3) is 0 Å². The van der Waals surface area contributed by atoms with Crippen LogP contribution in [0.5, 0.6) is 5.88 Å². The summed E-state index contributed by atoms with van der Waals surface area (Å²) in [5.74, 6) is 4.49. The minimum Gasteiger partial charge on any atom is -0.481 e. The Morgan fingerprint density at radius 3 is 2.70 bits per heavy atom. The number of aromatic nitrogens is 6. The molecule has 5 aromatic heterocycles. The maximum Gasteiger partial charge on any atom is 0.212 e. The highest BCUT2D eigenvalue weighted by Crippen LogP contribution is 2.40. The minimum absolute atomic E-state index is 0.531. The molecule has 5 aromatic rings. The Hall–Kier alpha value is -4.09. The Morgan fingerprint density at radius 1 is 1.05 bits per heavy atom. The molecule has 202 valence electrons. The molecule has 8 heterocycles. The van der Waals surface area contributed by atoms with Crippen LogP contribution in [0, 0.1) is 0 Å². The number of ether oxygens (including phenoxy) is 1. The van der Waals surface area contributed by atoms with Crippen LogP contribution in [-0.2, 0) is 6.54 Å². The Kier molecular flexibility index (Phi) is 5.66. The Morgan fingerprint density at radius 2 is 1.95 bits per heavy atom. The van der Waals surface area contributed by atoms with E-state index in [2.05, 4.69) is 60.6 Å². The molecule has 1 saturated carbocycles. The van der Waals surface area contributed by atoms with E-state index >= 15 is 0 Å². The fourth-order valence-electron chi connectivity index (χ4n) is 5.88. The number of hydrogen-bond donors (Lipinski definition) is 2. The van der Waals surface area contributed by atoms with E-state index in [0.29, 0.717) is 29.7 Å². The highest BCUT2D eigenvalue weighted by atomic mass is 32.1. The number of thiophene rings is 1. The number of methoxy groups -OCH3 is 1. The molecular weight excluding hydrogens is 522 g/mol. The van der Waals surface area contributed by atoms with Crippen molar-refractivity contribution in [2.75, 3.05) is 30.4 Å². The van der Waals surface area contributed by atoms with Gasteiger partial charge in [-0.3, -0.25) is 10.00 Å². The summed E-state index contributed by atoms with van der Waals surface area (Å²) in [6.07, 6.45) is 7.52. The summed E-state index contributed by atoms with van der Waals surface area (Å²) >= 11 is 1.61. The highest BCUT2D eigenvalue weighted by Gasteiger charge is 2.44. The van der Waals surface area contributed by atoms with Gasteiger partial charge in [-0.05, 0) is 48.4 Å². The van der Waals surface area contributed by atoms with Gasteiger partial charge in [0.1, 0.15) is 16.5 Å². The molecule has 2 bridgehead atoms. The summed E-state index contributed by atoms with van der Waals surface area (Å²) in [6, 6.07) is 13.4. The fraction of sp³-hybridized carbons (Fsp3) is 0.345. The summed E-state index contributed by atoms with van der Waals surface area (Å²) < 4.78 is 5.19. The van der Waals surface area contributed by atoms with Gasteiger partial charge < -0.3 is 15.0 Å². The van der Waals surface area contributed by atoms with Crippen LogP contribution >= 0.6 is 11.3 Å². The maximum atomic E-state index is 5.19. The van der Waals surface area contributed by atoms with Gasteiger partial charge in [0.2, 0.25) is 5.88 Å². The van der Waals surface area contributed by atoms with Crippen molar-refractivity contribution >= 4 is 39.0 Å². The van der Waals surface area contributed by atoms with Crippen LogP contribution in [-0.4, -0.2) is 67.3 Å². The number of rotatable bonds is 8. The van der Waals surface area contributed by atoms with E-state index < -0.39 is 0 Å². The first kappa shape index (κ1) is 23.8. The Bertz CT molecular complexity index is 1650. The molecule has 0 spiro atoms. The maximum absolute atomic E-state index is 5.19. The van der Waals surface area contributed by atoms with E-state index in [1.165, 1.54) is 30.5 Å². The molecule has 2 atom stereocenters. The first-order valence-corrected chi connectivity index (χ1v) is 14.6. The minimum atomic E-state index is 0.531. The molecule has 0 radical (unpaired) electrons. The third-order valence-electron chi connectivity index (χ3n) is 8.23. The zero-order valence-corrected chi connectivity index (χ0v) is 22.9. The van der Waals surface area contributed by atoms with Crippen LogP contribution in [0.4, 0.5) is 17.5 Å². The fourth-order valence-corrected chi connectivity index (χ4v) is 6.64. The number of pyridine rings is 2. The van der Waals surface area contributed by atoms with Crippen molar-refractivity contribution in [1.29, 1.82) is 0 Å². The van der Waals surface area contributed by atoms with E-state index in [1.54, 1.807) is 18.4 Å². The van der Waals surface area contributed by atoms with E-state index in [4.69, 9.17) is 19.7 Å². The molecular formula is C29H29N9OS. The zero-order valence-electron chi connectivity index (χ0n) is 22.1. The van der Waals surface area contributed by atoms with Crippen LogP contribution < -0.4 is 15.0 Å². The van der Waals surface area contributed by atoms with Crippen molar-refractivity contribution < 1.29 is 4.74 Å². The second-order valence-electron chi connectivity index (χ2n) is 10.9. The molecule has 10 nitrogen and oxygen atoms in total. The number of nitrogens with one attached hydrogen (secondary N) is 2. The predicted octanol–water partition coefficient (Wildman–Crippen LogP) is 4.96. The van der Waals surface area contributed by atoms with Crippen molar-refractivity contribution in [3.05, 3.63) is 65.4 Å². The molecule has 3 saturated heterocycles. The highest BCUT2D eigenvalue weighted by molar-refractivity contribution is 7.16. The average molecular weight is 552 g/mol. The van der Waals surface area contributed by atoms with Gasteiger partial charge in [-0.25, -0.2) is 19.9 Å². The van der Waals surface area contributed by atoms with Crippen LogP contribution in [0.25, 0.3) is 21.6 Å². The van der Waals surface area contributed by atoms with Gasteiger partial charge >= 0.3 is 0 Å². The van der Waals surface area contributed by atoms with Crippen LogP contribution in [0.3, 0.4) is 0 Å². The molecule has 3 aliphatic heterocycles. The molecule has 11 heteroatoms. The SMILES string of the molecule is COc1ccc(CN2C3CC2CN(c2ccc(-c4nc(Nc5cc(C6CC6)[nH]n5)c5ccsc5n4)cn2)C3)cn1. The molecule has 2 unspecified atom stereocenters. The third kappa shape index (κ3) is 4.35. The summed E-state index contributed by atoms with van der Waals surface area (Å²) in [5.41, 5.74) is 3.31. The number of piperidine rings is 1. The standard InChI is InChI=1S/C29H29N9OS/c1-39-26-7-2-17(12-31-26)14-38-20-10-21(38)16-37(15-20)25-6-5-19(13-30-25)27-33-28(22-8-9-40-29(22)34-27)32-24-11-23(35-36-24)18-3-4-18/h2,5-9,11-13,18,20-21H,3-4,10,14-16H2,1H3,(H2,32,33,34,35,36). The first-order valence-electron chi connectivity index (χ1n) is 13.7. The normalized spacial score (nSPS) is 20.5. The number of fused-ring (bicyclic) bond motifs is 3. The van der Waals surface area contributed by atoms with E-state index in [9.17, 15) is 0 Å². The van der Waals surface area contributed by atoms with Gasteiger partial charge in [0, 0.05) is 73.4 Å². The van der Waals surface area contributed by atoms with Crippen LogP contribution in [0.15, 0.2) is 54.2 Å². The largest absolute Gasteiger partial charge is 0.481 e. The van der Waals surface area contributed by atoms with E-state index in [-0.39, 0.29) is 0 Å². The molecule has 0 aromatic carbocycles. The predicted molar refractivity (Wildman–Crippen MR) is 155 cm³/mol. The molecule has 9 rings (SSSR count). The van der Waals surface area contributed by atoms with Gasteiger partial charge in [0.15, 0.2) is 11.6 Å². The topological polar surface area (TPSA) is 108 Å². The summed E-state index contributed by atoms with van der Waals surface area (Å²) in [6.45, 7) is 2.88. The molecule has 40 heavy (non-hydrogen) atoms. The number of hydrogen-bond acceptors (Lipinski definition) is 10. The number of nitrogens with zero attached hydrogens (tertiary/aromatic N) is 7. The lowest BCUT2D eigenvalue weighted by Gasteiger charge is -2.56. The van der Waals surface area contributed by atoms with E-state index in [0.717, 1.165) is 52.9 Å². The second kappa shape index (κ2) is 9.53. The molecule has 2 N–H and O–H groups in total. The summed E-state index contributed by atoms with van der Waals surface area (Å²) in [7, 11) is 1.65. The number of aromatic amines is 1. The first-order chi connectivity index (χ1) is 19.7. The Balaban J connectivity index is 0.972. The summed E-state index contributed by atoms with van der Waals surface area (Å²) in [4.78, 5) is 24.9. The van der Waals surface area contributed by atoms with Gasteiger partial charge in [-0.15, -0.1) is 11.3 Å². The molecule has 4 aliphatic rings. The van der Waals surface area contributed by atoms with Crippen molar-refractivity contribution in [3.8, 4) is 17.3 Å². The molecule has 0 amide bonds. The lowest BCUT2D eigenvalue weighted by molar-refractivity contribution is -0.00876. The number of H-pyrrole nitrogens is 1. The average Bonchev–Trinajstić information content (AvgIpc) is 3.55. The van der Waals surface area contributed by atoms with Crippen molar-refractivity contribution in [2.24, 2.45) is 0 Å². The third-order valence-corrected chi connectivity index (χ3v) is 9.04. The van der Waals surface area contributed by atoms with Gasteiger partial charge in [0.05, 0.1) is 12.5 Å². The zero-order chi connectivity index (χ0) is 26.6. The summed E-state index contributed by atoms with van der Waals surface area (Å²) in [5, 5.41) is 14.1. The number of piperazine rings is 1. The van der Waals surface area contributed by atoms with Gasteiger partial charge in [-0.1, -0.05) is 6.07 Å². The van der Waals surface area contributed by atoms with Crippen molar-refractivity contribution in [3.63, 3.8) is 0 Å².